The Morgan fingerprint density at radius 1 is 0.508 bits per heavy atom. The number of aliphatic carboxylic acids is 1. The normalized spacial score (nSPS) is 13.0. The molecule has 1 heterocycles. The van der Waals surface area contributed by atoms with Gasteiger partial charge in [0.1, 0.15) is 28.7 Å². The third-order valence-corrected chi connectivity index (χ3v) is 16.2. The van der Waals surface area contributed by atoms with Gasteiger partial charge in [-0.1, -0.05) is 158 Å². The van der Waals surface area contributed by atoms with Gasteiger partial charge in [-0.3, -0.25) is 28.8 Å². The number of cyclic esters (lactones) is 1. The third kappa shape index (κ3) is 78.8. The first-order chi connectivity index (χ1) is 55.3. The molecule has 3 aromatic carbocycles. The minimum Gasteiger partial charge on any atom is -0.870 e. The van der Waals surface area contributed by atoms with Crippen LogP contribution >= 0.6 is 8.58 Å². The molecule has 30 heteroatoms. The summed E-state index contributed by atoms with van der Waals surface area (Å²) in [5, 5.41) is 27.8. The predicted octanol–water partition coefficient (Wildman–Crippen LogP) is 15.3. The van der Waals surface area contributed by atoms with Crippen LogP contribution in [0.15, 0.2) is 91.0 Å². The standard InChI is InChI=1S/C20H31NO4.C19H29NO4.C15H23NO2.C10H18O5.C8H16O3.C8H14O3.C7H12O2.C2H7P.CH4O.Li.H2O/c1-16(18(22)24-5)11-9-10-14-21(19(23)25-20(2,3)4)15-17-12-7-6-8-13-17;1-15(17(21)22)10-8-9-13-20(18(23)24-19(2,3)4)14-16-11-6-5-7-12-16;1-13(15(17)18-2)8-6-7-11-16-12-14-9-4-3-5-10-14;1-9(2,3)14-7(11)13-8(12)15-10(4,5)6;2*1-7(8(10)11-2)5-3-4-6-9;1-6-4-2-3-5-9-7(6)8;1-3-2;1-2;;/h6-8,12-13,16H,9-11,14-15H2,1-5H3;5-7,11-12,15H,8-10,13-14H2,1-4H3,(H,21,22);3-5,9-10,13,16H,6-8,11-12H2,1-2H3;1-6H3;7,9H,3-6H2,1-2H3;6-7H,3-5H2,1-2H3;6H,2-5H2,1H3;3H,1-2H3;2H,1H3;;1H2/q;;;;;;;;;+1;. The van der Waals surface area contributed by atoms with E-state index in [0.717, 1.165) is 149 Å². The Balaban J connectivity index is -0.000000208. The van der Waals surface area contributed by atoms with E-state index in [1.807, 2.05) is 136 Å². The Bertz CT molecular complexity index is 3090. The van der Waals surface area contributed by atoms with Crippen LogP contribution in [0.5, 0.6) is 0 Å². The summed E-state index contributed by atoms with van der Waals surface area (Å²) >= 11 is 0. The maximum Gasteiger partial charge on any atom is 1.00 e. The van der Waals surface area contributed by atoms with Crippen molar-refractivity contribution in [3.05, 3.63) is 108 Å². The SMILES string of the molecule is CC(C)(C)OC(=O)OC(=O)OC(C)(C)C.CC(CCCCN(Cc1ccccc1)C(=O)OC(C)(C)C)C(=O)O.CC1CCCCOC1=O.CO.COC(=O)C(C)CCCC=O.COC(=O)C(C)CCCCN(Cc1ccccc1)C(=O)OC(C)(C)C.COC(=O)C(C)CCCCNCc1ccccc1.COC(=O)C(C)CCCCO.CPC.[H+].[Li+].[OH-]. The van der Waals surface area contributed by atoms with Crippen molar-refractivity contribution >= 4 is 75.2 Å². The molecule has 0 saturated carbocycles. The Morgan fingerprint density at radius 2 is 0.825 bits per heavy atom. The molecule has 5 N–H and O–H groups in total. The molecule has 120 heavy (non-hydrogen) atoms. The molecular formula is C90H156LiN3O25P+. The number of ether oxygens (including phenoxy) is 10. The van der Waals surface area contributed by atoms with Crippen LogP contribution in [0.4, 0.5) is 19.2 Å². The van der Waals surface area contributed by atoms with Crippen molar-refractivity contribution in [2.75, 3.05) is 81.7 Å². The van der Waals surface area contributed by atoms with Crippen molar-refractivity contribution in [1.82, 2.24) is 15.1 Å². The molecule has 4 rings (SSSR count). The number of carbonyl (C=O) groups is 11. The molecule has 28 nitrogen and oxygen atoms in total. The zero-order chi connectivity index (χ0) is 91.3. The number of carbonyl (C=O) groups excluding carboxylic acids is 10. The molecule has 0 aromatic heterocycles. The third-order valence-electron chi connectivity index (χ3n) is 16.2. The molecule has 1 fully saturated rings. The number of rotatable bonds is 34. The quantitative estimate of drug-likeness (QED) is 0.00820. The van der Waals surface area contributed by atoms with E-state index in [1.165, 1.54) is 34.0 Å². The van der Waals surface area contributed by atoms with Gasteiger partial charge in [-0.25, -0.2) is 19.2 Å². The fourth-order valence-corrected chi connectivity index (χ4v) is 9.83. The summed E-state index contributed by atoms with van der Waals surface area (Å²) in [5.74, 6) is -1.89. The summed E-state index contributed by atoms with van der Waals surface area (Å²) in [6.45, 7) is 41.4. The van der Waals surface area contributed by atoms with Crippen molar-refractivity contribution in [2.24, 2.45) is 35.5 Å². The minimum absolute atomic E-state index is 0. The van der Waals surface area contributed by atoms with Crippen LogP contribution in [-0.4, -0.2) is 201 Å². The number of unbranched alkanes of at least 4 members (excludes halogenated alkanes) is 5. The smallest absolute Gasteiger partial charge is 0.870 e. The number of benzene rings is 3. The predicted molar refractivity (Wildman–Crippen MR) is 467 cm³/mol. The summed E-state index contributed by atoms with van der Waals surface area (Å²) in [6, 6.07) is 30.0. The molecule has 0 radical (unpaired) electrons. The number of hydrogen-bond acceptors (Lipinski definition) is 25. The topological polar surface area (TPSA) is 389 Å². The molecule has 686 valence electrons. The number of nitrogens with zero attached hydrogens (tertiary/aromatic N) is 2. The fourth-order valence-electron chi connectivity index (χ4n) is 9.83. The van der Waals surface area contributed by atoms with Gasteiger partial charge in [0.05, 0.1) is 70.6 Å². The number of hydrogen-bond donors (Lipinski definition) is 4. The van der Waals surface area contributed by atoms with Gasteiger partial charge in [-0.05, 0) is 203 Å². The van der Waals surface area contributed by atoms with Gasteiger partial charge in [-0.2, -0.15) is 0 Å². The van der Waals surface area contributed by atoms with E-state index in [9.17, 15) is 52.7 Å². The number of carboxylic acids is 1. The number of aldehydes is 1. The summed E-state index contributed by atoms with van der Waals surface area (Å²) in [7, 11) is 7.70. The monoisotopic (exact) mass is 1720 g/mol. The molecule has 0 bridgehead atoms. The van der Waals surface area contributed by atoms with Crippen LogP contribution in [0.3, 0.4) is 0 Å². The maximum atomic E-state index is 12.5. The molecule has 0 aliphatic carbocycles. The molecular weight excluding hydrogens is 1560 g/mol. The van der Waals surface area contributed by atoms with E-state index in [4.69, 9.17) is 48.5 Å². The van der Waals surface area contributed by atoms with Crippen molar-refractivity contribution in [2.45, 2.75) is 282 Å². The van der Waals surface area contributed by atoms with Crippen molar-refractivity contribution in [1.29, 1.82) is 0 Å². The second kappa shape index (κ2) is 76.2. The molecule has 1 aliphatic heterocycles. The van der Waals surface area contributed by atoms with E-state index in [0.29, 0.717) is 45.6 Å². The number of carboxylic acid groups (broad SMARTS) is 1. The number of methoxy groups -OCH3 is 4. The van der Waals surface area contributed by atoms with Crippen LogP contribution in [0.1, 0.15) is 258 Å². The molecule has 6 unspecified atom stereocenters. The van der Waals surface area contributed by atoms with Crippen LogP contribution in [0.2, 0.25) is 0 Å². The first kappa shape index (κ1) is 125. The van der Waals surface area contributed by atoms with E-state index in [1.54, 1.807) is 65.2 Å². The average molecular weight is 1720 g/mol. The van der Waals surface area contributed by atoms with Crippen molar-refractivity contribution in [3.63, 3.8) is 0 Å². The van der Waals surface area contributed by atoms with E-state index >= 15 is 0 Å². The first-order valence-corrected chi connectivity index (χ1v) is 43.0. The van der Waals surface area contributed by atoms with E-state index in [2.05, 4.69) is 57.1 Å². The maximum absolute atomic E-state index is 12.5. The van der Waals surface area contributed by atoms with Crippen LogP contribution in [0.25, 0.3) is 0 Å². The van der Waals surface area contributed by atoms with Gasteiger partial charge in [0, 0.05) is 52.9 Å². The number of amides is 2. The van der Waals surface area contributed by atoms with Gasteiger partial charge >= 0.3 is 80.6 Å². The molecule has 2 amide bonds. The average Bonchev–Trinajstić information content (AvgIpc) is 0.896. The van der Waals surface area contributed by atoms with Crippen molar-refractivity contribution < 1.29 is 141 Å². The van der Waals surface area contributed by atoms with Crippen LogP contribution in [-0.2, 0) is 101 Å². The summed E-state index contributed by atoms with van der Waals surface area (Å²) in [5.41, 5.74) is 0.965. The van der Waals surface area contributed by atoms with Crippen LogP contribution < -0.4 is 24.2 Å². The zero-order valence-corrected chi connectivity index (χ0v) is 78.8. The van der Waals surface area contributed by atoms with E-state index < -0.39 is 40.7 Å². The summed E-state index contributed by atoms with van der Waals surface area (Å²) in [6.07, 6.45) is 13.3. The minimum atomic E-state index is -1.06. The Kier molecular flexibility index (Phi) is 79.7. The van der Waals surface area contributed by atoms with Gasteiger partial charge in [0.2, 0.25) is 0 Å². The number of aliphatic hydroxyl groups is 2. The number of esters is 5. The second-order valence-electron chi connectivity index (χ2n) is 32.3. The van der Waals surface area contributed by atoms with Crippen molar-refractivity contribution in [3.8, 4) is 0 Å². The fraction of sp³-hybridized carbons (Fsp3) is 0.678. The van der Waals surface area contributed by atoms with Gasteiger partial charge in [-0.15, -0.1) is 8.58 Å². The Hall–Kier alpha value is -7.70. The number of nitrogens with one attached hydrogen (secondary N) is 1. The van der Waals surface area contributed by atoms with E-state index in [-0.39, 0.29) is 110 Å². The van der Waals surface area contributed by atoms with Crippen LogP contribution in [0, 0.1) is 35.5 Å². The largest absolute Gasteiger partial charge is 1.00 e. The number of aliphatic hydroxyl groups excluding tert-OH is 2. The summed E-state index contributed by atoms with van der Waals surface area (Å²) in [4.78, 5) is 126. The van der Waals surface area contributed by atoms with Gasteiger partial charge in [0.25, 0.3) is 0 Å². The summed E-state index contributed by atoms with van der Waals surface area (Å²) < 4.78 is 48.2. The molecule has 1 saturated heterocycles. The molecule has 1 aliphatic rings. The first-order valence-electron chi connectivity index (χ1n) is 41.0. The molecule has 3 aromatic rings. The second-order valence-corrected chi connectivity index (χ2v) is 33.3. The van der Waals surface area contributed by atoms with Gasteiger partial charge in [0.15, 0.2) is 0 Å². The molecule has 0 spiro atoms. The Labute approximate surface area is 734 Å². The van der Waals surface area contributed by atoms with Gasteiger partial charge < -0.3 is 88.1 Å². The zero-order valence-electron chi connectivity index (χ0n) is 78.8. The molecule has 6 atom stereocenters. The Morgan fingerprint density at radius 3 is 1.14 bits per heavy atom.